The lowest BCUT2D eigenvalue weighted by atomic mass is 10.1. The molecule has 8 heteroatoms. The van der Waals surface area contributed by atoms with Crippen LogP contribution in [0.5, 0.6) is 0 Å². The molecule has 0 atom stereocenters. The van der Waals surface area contributed by atoms with E-state index in [4.69, 9.17) is 28.6 Å². The number of nitrogens with one attached hydrogen (secondary N) is 4. The van der Waals surface area contributed by atoms with Gasteiger partial charge in [-0.1, -0.05) is 29.8 Å². The molecule has 0 aliphatic rings. The summed E-state index contributed by atoms with van der Waals surface area (Å²) < 4.78 is 5.26. The SMILES string of the molecule is CC(C)(C)OC(=O)NCCCc1cc(Cl)ccc1NC(=S)NCCc1c[nH]c2ccccc12. The molecule has 0 aliphatic heterocycles. The van der Waals surface area contributed by atoms with E-state index in [-0.39, 0.29) is 0 Å². The fourth-order valence-corrected chi connectivity index (χ4v) is 3.90. The van der Waals surface area contributed by atoms with E-state index in [2.05, 4.69) is 33.1 Å². The number of rotatable bonds is 8. The molecule has 6 nitrogen and oxygen atoms in total. The van der Waals surface area contributed by atoms with E-state index in [1.54, 1.807) is 0 Å². The van der Waals surface area contributed by atoms with Gasteiger partial charge in [0, 0.05) is 40.9 Å². The first-order chi connectivity index (χ1) is 15.7. The predicted molar refractivity (Wildman–Crippen MR) is 140 cm³/mol. The number of carbonyl (C=O) groups excluding carboxylic acids is 1. The van der Waals surface area contributed by atoms with Crippen LogP contribution in [0.15, 0.2) is 48.7 Å². The summed E-state index contributed by atoms with van der Waals surface area (Å²) >= 11 is 11.7. The van der Waals surface area contributed by atoms with Crippen LogP contribution in [0.1, 0.15) is 38.3 Å². The minimum atomic E-state index is -0.509. The van der Waals surface area contributed by atoms with Crippen molar-refractivity contribution in [1.82, 2.24) is 15.6 Å². The van der Waals surface area contributed by atoms with Crippen molar-refractivity contribution in [2.24, 2.45) is 0 Å². The molecule has 0 radical (unpaired) electrons. The van der Waals surface area contributed by atoms with Gasteiger partial charge in [0.1, 0.15) is 5.60 Å². The number of fused-ring (bicyclic) bond motifs is 1. The van der Waals surface area contributed by atoms with E-state index in [9.17, 15) is 4.79 Å². The summed E-state index contributed by atoms with van der Waals surface area (Å²) in [4.78, 5) is 15.1. The minimum Gasteiger partial charge on any atom is -0.444 e. The smallest absolute Gasteiger partial charge is 0.407 e. The Morgan fingerprint density at radius 2 is 1.85 bits per heavy atom. The molecule has 2 aromatic carbocycles. The molecule has 3 aromatic rings. The minimum absolute atomic E-state index is 0.410. The Bertz CT molecular complexity index is 1110. The number of hydrogen-bond donors (Lipinski definition) is 4. The standard InChI is InChI=1S/C25H31ClN4O2S/c1-25(2,3)32-24(31)28-13-6-7-17-15-19(26)10-11-21(17)30-23(33)27-14-12-18-16-29-22-9-5-4-8-20(18)22/h4-5,8-11,15-16,29H,6-7,12-14H2,1-3H3,(H,28,31)(H2,27,30,33). The Labute approximate surface area is 205 Å². The van der Waals surface area contributed by atoms with E-state index in [0.29, 0.717) is 16.7 Å². The van der Waals surface area contributed by atoms with Crippen molar-refractivity contribution < 1.29 is 9.53 Å². The van der Waals surface area contributed by atoms with E-state index >= 15 is 0 Å². The van der Waals surface area contributed by atoms with Crippen molar-refractivity contribution in [3.63, 3.8) is 0 Å². The van der Waals surface area contributed by atoms with Gasteiger partial charge in [-0.3, -0.25) is 0 Å². The molecule has 0 unspecified atom stereocenters. The normalized spacial score (nSPS) is 11.3. The van der Waals surface area contributed by atoms with Gasteiger partial charge in [0.05, 0.1) is 0 Å². The number of hydrogen-bond acceptors (Lipinski definition) is 3. The topological polar surface area (TPSA) is 78.2 Å². The molecular formula is C25H31ClN4O2S. The van der Waals surface area contributed by atoms with Crippen molar-refractivity contribution in [3.05, 3.63) is 64.8 Å². The Hall–Kier alpha value is -2.77. The number of thiocarbonyl (C=S) groups is 1. The average molecular weight is 487 g/mol. The van der Waals surface area contributed by atoms with Crippen LogP contribution in [0.4, 0.5) is 10.5 Å². The van der Waals surface area contributed by atoms with Crippen LogP contribution in [-0.4, -0.2) is 34.9 Å². The first-order valence-electron chi connectivity index (χ1n) is 11.1. The van der Waals surface area contributed by atoms with Gasteiger partial charge in [-0.2, -0.15) is 0 Å². The van der Waals surface area contributed by atoms with Crippen molar-refractivity contribution in [2.75, 3.05) is 18.4 Å². The van der Waals surface area contributed by atoms with Crippen molar-refractivity contribution in [3.8, 4) is 0 Å². The molecule has 1 heterocycles. The zero-order valence-electron chi connectivity index (χ0n) is 19.3. The Balaban J connectivity index is 1.47. The van der Waals surface area contributed by atoms with Gasteiger partial charge >= 0.3 is 6.09 Å². The zero-order chi connectivity index (χ0) is 23.8. The molecular weight excluding hydrogens is 456 g/mol. The fraction of sp³-hybridized carbons (Fsp3) is 0.360. The second kappa shape index (κ2) is 11.4. The summed E-state index contributed by atoms with van der Waals surface area (Å²) in [6, 6.07) is 13.9. The number of aromatic nitrogens is 1. The summed E-state index contributed by atoms with van der Waals surface area (Å²) in [7, 11) is 0. The first-order valence-corrected chi connectivity index (χ1v) is 11.8. The molecule has 0 saturated carbocycles. The van der Waals surface area contributed by atoms with Crippen LogP contribution in [0.3, 0.4) is 0 Å². The van der Waals surface area contributed by atoms with Crippen LogP contribution in [0.25, 0.3) is 10.9 Å². The molecule has 0 saturated heterocycles. The molecule has 176 valence electrons. The fourth-order valence-electron chi connectivity index (χ4n) is 3.49. The number of para-hydroxylation sites is 1. The monoisotopic (exact) mass is 486 g/mol. The molecule has 3 rings (SSSR count). The second-order valence-corrected chi connectivity index (χ2v) is 9.67. The lowest BCUT2D eigenvalue weighted by Gasteiger charge is -2.19. The van der Waals surface area contributed by atoms with Crippen LogP contribution >= 0.6 is 23.8 Å². The molecule has 4 N–H and O–H groups in total. The quantitative estimate of drug-likeness (QED) is 0.239. The second-order valence-electron chi connectivity index (χ2n) is 8.82. The average Bonchev–Trinajstić information content (AvgIpc) is 3.15. The third-order valence-electron chi connectivity index (χ3n) is 4.96. The van der Waals surface area contributed by atoms with Gasteiger partial charge in [0.15, 0.2) is 5.11 Å². The van der Waals surface area contributed by atoms with Gasteiger partial charge in [0.25, 0.3) is 0 Å². The number of alkyl carbamates (subject to hydrolysis) is 1. The van der Waals surface area contributed by atoms with Crippen LogP contribution < -0.4 is 16.0 Å². The maximum Gasteiger partial charge on any atom is 0.407 e. The van der Waals surface area contributed by atoms with E-state index in [0.717, 1.165) is 42.6 Å². The summed E-state index contributed by atoms with van der Waals surface area (Å²) in [5.41, 5.74) is 3.83. The molecule has 1 amide bonds. The number of carbonyl (C=O) groups is 1. The number of aromatic amines is 1. The summed E-state index contributed by atoms with van der Waals surface area (Å²) in [6.07, 6.45) is 3.97. The van der Waals surface area contributed by atoms with Crippen LogP contribution in [0.2, 0.25) is 5.02 Å². The maximum atomic E-state index is 11.8. The van der Waals surface area contributed by atoms with E-state index in [1.807, 2.05) is 57.3 Å². The summed E-state index contributed by atoms with van der Waals surface area (Å²) in [6.45, 7) is 6.75. The number of ether oxygens (including phenoxy) is 1. The van der Waals surface area contributed by atoms with Crippen molar-refractivity contribution in [1.29, 1.82) is 0 Å². The molecule has 33 heavy (non-hydrogen) atoms. The Morgan fingerprint density at radius 1 is 1.06 bits per heavy atom. The van der Waals surface area contributed by atoms with Crippen molar-refractivity contribution in [2.45, 2.75) is 45.6 Å². The highest BCUT2D eigenvalue weighted by atomic mass is 35.5. The number of H-pyrrole nitrogens is 1. The lowest BCUT2D eigenvalue weighted by molar-refractivity contribution is 0.0527. The number of benzene rings is 2. The predicted octanol–water partition coefficient (Wildman–Crippen LogP) is 5.81. The number of halogens is 1. The highest BCUT2D eigenvalue weighted by Gasteiger charge is 2.15. The molecule has 0 fully saturated rings. The van der Waals surface area contributed by atoms with Gasteiger partial charge in [-0.05, 0) is 87.6 Å². The largest absolute Gasteiger partial charge is 0.444 e. The highest BCUT2D eigenvalue weighted by Crippen LogP contribution is 2.22. The van der Waals surface area contributed by atoms with Crippen LogP contribution in [0, 0.1) is 0 Å². The molecule has 0 spiro atoms. The van der Waals surface area contributed by atoms with Gasteiger partial charge in [-0.25, -0.2) is 4.79 Å². The molecule has 0 bridgehead atoms. The zero-order valence-corrected chi connectivity index (χ0v) is 20.8. The molecule has 0 aliphatic carbocycles. The summed E-state index contributed by atoms with van der Waals surface area (Å²) in [5, 5.41) is 11.8. The number of amides is 1. The Kier molecular flexibility index (Phi) is 8.58. The van der Waals surface area contributed by atoms with E-state index < -0.39 is 11.7 Å². The summed E-state index contributed by atoms with van der Waals surface area (Å²) in [5.74, 6) is 0. The Morgan fingerprint density at radius 3 is 2.64 bits per heavy atom. The van der Waals surface area contributed by atoms with Gasteiger partial charge in [0.2, 0.25) is 0 Å². The van der Waals surface area contributed by atoms with Gasteiger partial charge < -0.3 is 25.7 Å². The third-order valence-corrected chi connectivity index (χ3v) is 5.44. The third kappa shape index (κ3) is 7.94. The lowest BCUT2D eigenvalue weighted by Crippen LogP contribution is -2.33. The van der Waals surface area contributed by atoms with Crippen molar-refractivity contribution >= 4 is 51.6 Å². The molecule has 1 aromatic heterocycles. The first kappa shape index (κ1) is 24.9. The van der Waals surface area contributed by atoms with E-state index in [1.165, 1.54) is 10.9 Å². The van der Waals surface area contributed by atoms with Crippen LogP contribution in [-0.2, 0) is 17.6 Å². The van der Waals surface area contributed by atoms with Gasteiger partial charge in [-0.15, -0.1) is 0 Å². The number of anilines is 1. The maximum absolute atomic E-state index is 11.8. The number of aryl methyl sites for hydroxylation is 1. The highest BCUT2D eigenvalue weighted by molar-refractivity contribution is 7.80.